The van der Waals surface area contributed by atoms with Gasteiger partial charge in [-0.2, -0.15) is 0 Å². The maximum Gasteiger partial charge on any atom is 0.219 e. The summed E-state index contributed by atoms with van der Waals surface area (Å²) < 4.78 is 0. The van der Waals surface area contributed by atoms with E-state index in [1.165, 1.54) is 11.8 Å². The van der Waals surface area contributed by atoms with Crippen LogP contribution in [0.5, 0.6) is 0 Å². The van der Waals surface area contributed by atoms with Gasteiger partial charge in [0, 0.05) is 14.0 Å². The molecule has 0 saturated heterocycles. The van der Waals surface area contributed by atoms with Crippen molar-refractivity contribution in [2.75, 3.05) is 7.05 Å². The van der Waals surface area contributed by atoms with Gasteiger partial charge in [0.05, 0.1) is 5.54 Å². The van der Waals surface area contributed by atoms with Crippen LogP contribution in [-0.4, -0.2) is 39.9 Å². The first-order valence-electron chi connectivity index (χ1n) is 4.94. The lowest BCUT2D eigenvalue weighted by Crippen LogP contribution is -2.48. The molecule has 0 bridgehead atoms. The fourth-order valence-corrected chi connectivity index (χ4v) is 2.26. The van der Waals surface area contributed by atoms with E-state index in [9.17, 15) is 15.0 Å². The van der Waals surface area contributed by atoms with Gasteiger partial charge in [-0.3, -0.25) is 4.79 Å². The third-order valence-electron chi connectivity index (χ3n) is 3.38. The quantitative estimate of drug-likeness (QED) is 0.641. The Kier molecular flexibility index (Phi) is 2.88. The Bertz CT molecular complexity index is 240. The molecule has 0 aromatic carbocycles. The van der Waals surface area contributed by atoms with E-state index in [2.05, 4.69) is 0 Å². The zero-order valence-corrected chi connectivity index (χ0v) is 9.19. The van der Waals surface area contributed by atoms with Crippen molar-refractivity contribution < 1.29 is 15.0 Å². The second-order valence-electron chi connectivity index (χ2n) is 4.50. The van der Waals surface area contributed by atoms with E-state index in [0.29, 0.717) is 12.3 Å². The van der Waals surface area contributed by atoms with E-state index in [1.54, 1.807) is 7.05 Å². The van der Waals surface area contributed by atoms with Crippen LogP contribution in [0.3, 0.4) is 0 Å². The Morgan fingerprint density at radius 2 is 2.00 bits per heavy atom. The Balaban J connectivity index is 2.83. The normalized spacial score (nSPS) is 31.0. The zero-order valence-electron chi connectivity index (χ0n) is 9.19. The molecule has 1 rings (SSSR count). The maximum atomic E-state index is 11.2. The molecule has 2 N–H and O–H groups in total. The van der Waals surface area contributed by atoms with Crippen LogP contribution >= 0.6 is 0 Å². The molecule has 0 heterocycles. The number of rotatable bonds is 3. The van der Waals surface area contributed by atoms with Crippen LogP contribution in [-0.2, 0) is 4.79 Å². The highest BCUT2D eigenvalue weighted by atomic mass is 16.5. The van der Waals surface area contributed by atoms with Crippen molar-refractivity contribution in [2.24, 2.45) is 11.8 Å². The molecule has 0 aromatic rings. The van der Waals surface area contributed by atoms with Gasteiger partial charge in [-0.25, -0.2) is 0 Å². The summed E-state index contributed by atoms with van der Waals surface area (Å²) in [6, 6.07) is 0. The van der Waals surface area contributed by atoms with Crippen molar-refractivity contribution in [3.63, 3.8) is 0 Å². The monoisotopic (exact) mass is 201 g/mol. The van der Waals surface area contributed by atoms with Crippen LogP contribution in [0.2, 0.25) is 0 Å². The van der Waals surface area contributed by atoms with Crippen LogP contribution < -0.4 is 0 Å². The molecule has 0 radical (unpaired) electrons. The minimum atomic E-state index is -1.44. The zero-order chi connectivity index (χ0) is 11.1. The Morgan fingerprint density at radius 1 is 1.50 bits per heavy atom. The van der Waals surface area contributed by atoms with E-state index in [-0.39, 0.29) is 11.8 Å². The van der Waals surface area contributed by atoms with E-state index >= 15 is 0 Å². The second kappa shape index (κ2) is 3.51. The lowest BCUT2D eigenvalue weighted by atomic mass is 10.0. The molecule has 1 amide bonds. The molecule has 0 aromatic heterocycles. The molecule has 1 unspecified atom stereocenters. The number of aliphatic hydroxyl groups is 2. The molecule has 0 spiro atoms. The van der Waals surface area contributed by atoms with E-state index < -0.39 is 11.8 Å². The van der Waals surface area contributed by atoms with E-state index in [4.69, 9.17) is 0 Å². The molecule has 1 saturated carbocycles. The second-order valence-corrected chi connectivity index (χ2v) is 4.50. The van der Waals surface area contributed by atoms with Gasteiger partial charge in [-0.1, -0.05) is 13.8 Å². The SMILES string of the molecule is CC(=O)N(C)C1(C(O)O)C[C@H]1C(C)C. The summed E-state index contributed by atoms with van der Waals surface area (Å²) in [5, 5.41) is 18.7. The summed E-state index contributed by atoms with van der Waals surface area (Å²) in [7, 11) is 1.63. The van der Waals surface area contributed by atoms with Crippen molar-refractivity contribution in [3.05, 3.63) is 0 Å². The van der Waals surface area contributed by atoms with Gasteiger partial charge in [0.2, 0.25) is 5.91 Å². The van der Waals surface area contributed by atoms with Crippen LogP contribution in [0, 0.1) is 11.8 Å². The molecule has 4 nitrogen and oxygen atoms in total. The molecule has 1 aliphatic carbocycles. The highest BCUT2D eigenvalue weighted by Crippen LogP contribution is 2.53. The third kappa shape index (κ3) is 1.53. The number of aliphatic hydroxyl groups excluding tert-OH is 1. The van der Waals surface area contributed by atoms with Crippen molar-refractivity contribution in [2.45, 2.75) is 39.0 Å². The summed E-state index contributed by atoms with van der Waals surface area (Å²) in [6.45, 7) is 5.51. The molecule has 4 heteroatoms. The Labute approximate surface area is 84.5 Å². The predicted octanol–water partition coefficient (Wildman–Crippen LogP) is 0.190. The smallest absolute Gasteiger partial charge is 0.219 e. The molecule has 82 valence electrons. The van der Waals surface area contributed by atoms with Gasteiger partial charge >= 0.3 is 0 Å². The fourth-order valence-electron chi connectivity index (χ4n) is 2.26. The van der Waals surface area contributed by atoms with Gasteiger partial charge in [-0.05, 0) is 18.3 Å². The van der Waals surface area contributed by atoms with Crippen molar-refractivity contribution in [3.8, 4) is 0 Å². The first-order valence-corrected chi connectivity index (χ1v) is 4.94. The van der Waals surface area contributed by atoms with Gasteiger partial charge in [-0.15, -0.1) is 0 Å². The average molecular weight is 201 g/mol. The topological polar surface area (TPSA) is 60.8 Å². The third-order valence-corrected chi connectivity index (χ3v) is 3.38. The number of nitrogens with zero attached hydrogens (tertiary/aromatic N) is 1. The van der Waals surface area contributed by atoms with Crippen molar-refractivity contribution in [1.29, 1.82) is 0 Å². The average Bonchev–Trinajstić information content (AvgIpc) is 2.78. The summed E-state index contributed by atoms with van der Waals surface area (Å²) in [4.78, 5) is 12.7. The molecule has 0 aliphatic heterocycles. The fraction of sp³-hybridized carbons (Fsp3) is 0.900. The highest BCUT2D eigenvalue weighted by Gasteiger charge is 2.63. The largest absolute Gasteiger partial charge is 0.366 e. The van der Waals surface area contributed by atoms with E-state index in [1.807, 2.05) is 13.8 Å². The first kappa shape index (κ1) is 11.5. The number of likely N-dealkylation sites (N-methyl/N-ethyl adjacent to an activating group) is 1. The predicted molar refractivity (Wildman–Crippen MR) is 52.3 cm³/mol. The number of hydrogen-bond acceptors (Lipinski definition) is 3. The molecular formula is C10H19NO3. The lowest BCUT2D eigenvalue weighted by molar-refractivity contribution is -0.149. The minimum Gasteiger partial charge on any atom is -0.366 e. The molecule has 1 fully saturated rings. The van der Waals surface area contributed by atoms with Crippen LogP contribution in [0.25, 0.3) is 0 Å². The van der Waals surface area contributed by atoms with Crippen molar-refractivity contribution >= 4 is 5.91 Å². The van der Waals surface area contributed by atoms with Crippen LogP contribution in [0.15, 0.2) is 0 Å². The lowest BCUT2D eigenvalue weighted by Gasteiger charge is -2.31. The number of carbonyl (C=O) groups is 1. The van der Waals surface area contributed by atoms with Gasteiger partial charge in [0.25, 0.3) is 0 Å². The molecule has 1 aliphatic rings. The standard InChI is InChI=1S/C10H19NO3/c1-6(2)8-5-10(8,9(13)14)11(4)7(3)12/h6,8-9,13-14H,5H2,1-4H3/t8-,10?/m0/s1. The van der Waals surface area contributed by atoms with Gasteiger partial charge in [0.1, 0.15) is 0 Å². The molecule has 2 atom stereocenters. The number of hydrogen-bond donors (Lipinski definition) is 2. The Hall–Kier alpha value is -0.610. The van der Waals surface area contributed by atoms with Crippen molar-refractivity contribution in [1.82, 2.24) is 4.90 Å². The van der Waals surface area contributed by atoms with Crippen LogP contribution in [0.4, 0.5) is 0 Å². The first-order chi connectivity index (χ1) is 6.34. The van der Waals surface area contributed by atoms with Gasteiger partial charge < -0.3 is 15.1 Å². The summed E-state index contributed by atoms with van der Waals surface area (Å²) in [6.07, 6.45) is -0.762. The number of carbonyl (C=O) groups excluding carboxylic acids is 1. The van der Waals surface area contributed by atoms with Crippen LogP contribution in [0.1, 0.15) is 27.2 Å². The number of amides is 1. The summed E-state index contributed by atoms with van der Waals surface area (Å²) in [5.41, 5.74) is -0.736. The van der Waals surface area contributed by atoms with E-state index in [0.717, 1.165) is 0 Å². The molecule has 14 heavy (non-hydrogen) atoms. The Morgan fingerprint density at radius 3 is 2.21 bits per heavy atom. The summed E-state index contributed by atoms with van der Waals surface area (Å²) >= 11 is 0. The minimum absolute atomic E-state index is 0.124. The highest BCUT2D eigenvalue weighted by molar-refractivity contribution is 5.74. The summed E-state index contributed by atoms with van der Waals surface area (Å²) in [5.74, 6) is 0.427. The molecular weight excluding hydrogens is 182 g/mol. The maximum absolute atomic E-state index is 11.2. The van der Waals surface area contributed by atoms with Gasteiger partial charge in [0.15, 0.2) is 6.29 Å².